The first kappa shape index (κ1) is 13.4. The molecule has 1 aromatic rings. The quantitative estimate of drug-likeness (QED) is 0.879. The van der Waals surface area contributed by atoms with Crippen molar-refractivity contribution in [1.82, 2.24) is 0 Å². The monoisotopic (exact) mass is 324 g/mol. The zero-order chi connectivity index (χ0) is 13.6. The van der Waals surface area contributed by atoms with Gasteiger partial charge in [0.25, 0.3) is 0 Å². The molecule has 1 saturated heterocycles. The number of rotatable bonds is 2. The summed E-state index contributed by atoms with van der Waals surface area (Å²) in [6.07, 6.45) is 2.06. The van der Waals surface area contributed by atoms with Gasteiger partial charge in [0.05, 0.1) is 6.10 Å². The van der Waals surface area contributed by atoms with Crippen LogP contribution in [0.2, 0.25) is 0 Å². The Bertz CT molecular complexity index is 477. The molecule has 3 rings (SSSR count). The Morgan fingerprint density at radius 3 is 2.79 bits per heavy atom. The van der Waals surface area contributed by atoms with Crippen molar-refractivity contribution in [2.45, 2.75) is 31.9 Å². The largest absolute Gasteiger partial charge is 0.393 e. The third-order valence-electron chi connectivity index (χ3n) is 4.66. The molecular formula is C15H21BrN2O. The molecule has 1 saturated carbocycles. The first-order valence-electron chi connectivity index (χ1n) is 7.04. The number of nitrogens with zero attached hydrogens (tertiary/aromatic N) is 1. The predicted octanol–water partition coefficient (Wildman–Crippen LogP) is 2.68. The molecule has 104 valence electrons. The highest BCUT2D eigenvalue weighted by Gasteiger charge is 2.41. The molecule has 3 nitrogen and oxygen atoms in total. The van der Waals surface area contributed by atoms with E-state index in [0.717, 1.165) is 29.5 Å². The molecule has 0 spiro atoms. The van der Waals surface area contributed by atoms with Gasteiger partial charge in [-0.15, -0.1) is 0 Å². The van der Waals surface area contributed by atoms with Crippen molar-refractivity contribution in [3.63, 3.8) is 0 Å². The minimum atomic E-state index is -0.0956. The summed E-state index contributed by atoms with van der Waals surface area (Å²) in [7, 11) is 0. The van der Waals surface area contributed by atoms with Gasteiger partial charge in [0.2, 0.25) is 0 Å². The van der Waals surface area contributed by atoms with Crippen molar-refractivity contribution < 1.29 is 5.11 Å². The normalized spacial score (nSPS) is 31.6. The van der Waals surface area contributed by atoms with Crippen molar-refractivity contribution >= 4 is 21.6 Å². The first-order chi connectivity index (χ1) is 9.06. The van der Waals surface area contributed by atoms with Gasteiger partial charge >= 0.3 is 0 Å². The molecule has 0 aromatic heterocycles. The lowest BCUT2D eigenvalue weighted by Crippen LogP contribution is -2.24. The van der Waals surface area contributed by atoms with Crippen LogP contribution in [0.1, 0.15) is 31.4 Å². The van der Waals surface area contributed by atoms with Gasteiger partial charge in [0.1, 0.15) is 0 Å². The van der Waals surface area contributed by atoms with Gasteiger partial charge in [-0.05, 0) is 43.4 Å². The maximum Gasteiger partial charge on any atom is 0.0588 e. The second-order valence-corrected chi connectivity index (χ2v) is 6.82. The molecule has 1 aliphatic heterocycles. The highest BCUT2D eigenvalue weighted by atomic mass is 79.9. The van der Waals surface area contributed by atoms with Gasteiger partial charge in [-0.3, -0.25) is 0 Å². The Morgan fingerprint density at radius 1 is 1.37 bits per heavy atom. The van der Waals surface area contributed by atoms with Gasteiger partial charge in [-0.1, -0.05) is 22.0 Å². The standard InChI is InChI=1S/C15H21BrN2O/c1-9(17)12-4-3-11(6-14(12)16)18-7-10-2-5-15(19)13(10)8-18/h3-4,6,9-10,13,15,19H,2,5,7-8,17H2,1H3/t9-,10?,13?,15?/m0/s1. The van der Waals surface area contributed by atoms with Crippen LogP contribution in [-0.4, -0.2) is 24.3 Å². The van der Waals surface area contributed by atoms with Gasteiger partial charge < -0.3 is 15.7 Å². The van der Waals surface area contributed by atoms with Gasteiger partial charge in [0, 0.05) is 35.2 Å². The average Bonchev–Trinajstić information content (AvgIpc) is 2.91. The molecule has 2 aliphatic rings. The molecule has 4 heteroatoms. The molecule has 0 radical (unpaired) electrons. The van der Waals surface area contributed by atoms with Crippen LogP contribution < -0.4 is 10.6 Å². The van der Waals surface area contributed by atoms with Gasteiger partial charge in [-0.25, -0.2) is 0 Å². The van der Waals surface area contributed by atoms with Gasteiger partial charge in [0.15, 0.2) is 0 Å². The van der Waals surface area contributed by atoms with E-state index in [0.29, 0.717) is 11.8 Å². The Labute approximate surface area is 122 Å². The maximum atomic E-state index is 9.98. The number of fused-ring (bicyclic) bond motifs is 1. The minimum absolute atomic E-state index is 0.0446. The Hall–Kier alpha value is -0.580. The topological polar surface area (TPSA) is 49.5 Å². The zero-order valence-electron chi connectivity index (χ0n) is 11.2. The summed E-state index contributed by atoms with van der Waals surface area (Å²) in [4.78, 5) is 2.40. The predicted molar refractivity (Wildman–Crippen MR) is 81.2 cm³/mol. The smallest absolute Gasteiger partial charge is 0.0588 e. The van der Waals surface area contributed by atoms with Crippen molar-refractivity contribution in [3.05, 3.63) is 28.2 Å². The molecule has 2 fully saturated rings. The van der Waals surface area contributed by atoms with Crippen molar-refractivity contribution in [2.75, 3.05) is 18.0 Å². The van der Waals surface area contributed by atoms with Crippen LogP contribution in [0.5, 0.6) is 0 Å². The molecular weight excluding hydrogens is 304 g/mol. The van der Waals surface area contributed by atoms with E-state index in [4.69, 9.17) is 5.73 Å². The number of nitrogens with two attached hydrogens (primary N) is 1. The summed E-state index contributed by atoms with van der Waals surface area (Å²) < 4.78 is 1.08. The van der Waals surface area contributed by atoms with Crippen LogP contribution in [0.25, 0.3) is 0 Å². The Kier molecular flexibility index (Phi) is 3.58. The van der Waals surface area contributed by atoms with E-state index in [1.54, 1.807) is 0 Å². The first-order valence-corrected chi connectivity index (χ1v) is 7.83. The van der Waals surface area contributed by atoms with E-state index in [1.807, 2.05) is 6.92 Å². The van der Waals surface area contributed by atoms with Gasteiger partial charge in [-0.2, -0.15) is 0 Å². The summed E-state index contributed by atoms with van der Waals surface area (Å²) in [5, 5.41) is 9.98. The van der Waals surface area contributed by atoms with Crippen molar-refractivity contribution in [3.8, 4) is 0 Å². The molecule has 4 atom stereocenters. The summed E-state index contributed by atoms with van der Waals surface area (Å²) in [6.45, 7) is 4.05. The number of hydrogen-bond acceptors (Lipinski definition) is 3. The molecule has 0 amide bonds. The Morgan fingerprint density at radius 2 is 2.16 bits per heavy atom. The lowest BCUT2D eigenvalue weighted by Gasteiger charge is -2.22. The number of halogens is 1. The highest BCUT2D eigenvalue weighted by Crippen LogP contribution is 2.40. The molecule has 3 unspecified atom stereocenters. The van der Waals surface area contributed by atoms with E-state index < -0.39 is 0 Å². The molecule has 1 aromatic carbocycles. The van der Waals surface area contributed by atoms with Crippen LogP contribution in [0.15, 0.2) is 22.7 Å². The molecule has 1 heterocycles. The van der Waals surface area contributed by atoms with E-state index in [2.05, 4.69) is 39.0 Å². The van der Waals surface area contributed by atoms with E-state index in [9.17, 15) is 5.11 Å². The highest BCUT2D eigenvalue weighted by molar-refractivity contribution is 9.10. The minimum Gasteiger partial charge on any atom is -0.393 e. The summed E-state index contributed by atoms with van der Waals surface area (Å²) in [5.41, 5.74) is 8.31. The van der Waals surface area contributed by atoms with Crippen LogP contribution in [0.3, 0.4) is 0 Å². The number of benzene rings is 1. The van der Waals surface area contributed by atoms with Crippen LogP contribution in [0, 0.1) is 11.8 Å². The zero-order valence-corrected chi connectivity index (χ0v) is 12.8. The number of aliphatic hydroxyl groups is 1. The second-order valence-electron chi connectivity index (χ2n) is 5.97. The number of aliphatic hydroxyl groups excluding tert-OH is 1. The fourth-order valence-corrected chi connectivity index (χ4v) is 4.26. The third-order valence-corrected chi connectivity index (χ3v) is 5.35. The van der Waals surface area contributed by atoms with E-state index in [1.165, 1.54) is 12.1 Å². The molecule has 19 heavy (non-hydrogen) atoms. The van der Waals surface area contributed by atoms with Crippen molar-refractivity contribution in [2.24, 2.45) is 17.6 Å². The fourth-order valence-electron chi connectivity index (χ4n) is 3.53. The summed E-state index contributed by atoms with van der Waals surface area (Å²) in [5.74, 6) is 1.13. The number of hydrogen-bond donors (Lipinski definition) is 2. The third kappa shape index (κ3) is 2.41. The van der Waals surface area contributed by atoms with E-state index >= 15 is 0 Å². The van der Waals surface area contributed by atoms with Crippen LogP contribution in [0.4, 0.5) is 5.69 Å². The van der Waals surface area contributed by atoms with Crippen molar-refractivity contribution in [1.29, 1.82) is 0 Å². The summed E-state index contributed by atoms with van der Waals surface area (Å²) >= 11 is 3.61. The SMILES string of the molecule is C[C@H](N)c1ccc(N2CC3CCC(O)C3C2)cc1Br. The van der Waals surface area contributed by atoms with Crippen LogP contribution >= 0.6 is 15.9 Å². The fraction of sp³-hybridized carbons (Fsp3) is 0.600. The summed E-state index contributed by atoms with van der Waals surface area (Å²) in [6, 6.07) is 6.46. The molecule has 3 N–H and O–H groups in total. The molecule has 1 aliphatic carbocycles. The lowest BCUT2D eigenvalue weighted by atomic mass is 10.00. The molecule has 0 bridgehead atoms. The lowest BCUT2D eigenvalue weighted by molar-refractivity contribution is 0.133. The second kappa shape index (κ2) is 5.08. The Balaban J connectivity index is 1.79. The number of anilines is 1. The maximum absolute atomic E-state index is 9.98. The average molecular weight is 325 g/mol. The van der Waals surface area contributed by atoms with Crippen LogP contribution in [-0.2, 0) is 0 Å². The van der Waals surface area contributed by atoms with E-state index in [-0.39, 0.29) is 12.1 Å².